The maximum atomic E-state index is 11.9. The van der Waals surface area contributed by atoms with Crippen LogP contribution in [0.3, 0.4) is 0 Å². The maximum absolute atomic E-state index is 11.9. The molecule has 0 aliphatic rings. The molecule has 0 aromatic rings. The summed E-state index contributed by atoms with van der Waals surface area (Å²) < 4.78 is 0. The highest BCUT2D eigenvalue weighted by Gasteiger charge is 2.22. The Hall–Kier alpha value is -1.06. The van der Waals surface area contributed by atoms with E-state index in [1.54, 1.807) is 0 Å². The molecule has 0 aliphatic carbocycles. The molecule has 0 aromatic heterocycles. The number of hydrogen-bond acceptors (Lipinski definition) is 2. The van der Waals surface area contributed by atoms with Crippen molar-refractivity contribution in [2.75, 3.05) is 0 Å². The second-order valence-corrected chi connectivity index (χ2v) is 9.74. The average molecular weight is 440 g/mol. The molecule has 1 atom stereocenters. The van der Waals surface area contributed by atoms with Crippen LogP contribution in [0.2, 0.25) is 0 Å². The molecule has 31 heavy (non-hydrogen) atoms. The molecule has 0 rings (SSSR count). The Balaban J connectivity index is 3.28. The first-order chi connectivity index (χ1) is 15.0. The fraction of sp³-hybridized carbons (Fsp3) is 0.926. The number of carbonyl (C=O) groups is 2. The highest BCUT2D eigenvalue weighted by atomic mass is 16.4. The third-order valence-electron chi connectivity index (χ3n) is 6.26. The maximum Gasteiger partial charge on any atom is 0.326 e. The largest absolute Gasteiger partial charge is 0.480 e. The van der Waals surface area contributed by atoms with Gasteiger partial charge in [0.2, 0.25) is 5.91 Å². The van der Waals surface area contributed by atoms with Crippen LogP contribution in [0.15, 0.2) is 0 Å². The predicted octanol–water partition coefficient (Wildman–Crippen LogP) is 8.03. The minimum Gasteiger partial charge on any atom is -0.480 e. The topological polar surface area (TPSA) is 66.4 Å². The Morgan fingerprint density at radius 2 is 0.935 bits per heavy atom. The number of rotatable bonds is 23. The SMILES string of the molecule is CCCCCCCCCCCCCCCCCCCCCC(=O)NC(C(=O)O)C(C)C. The van der Waals surface area contributed by atoms with E-state index in [2.05, 4.69) is 12.2 Å². The molecule has 1 unspecified atom stereocenters. The van der Waals surface area contributed by atoms with Crippen molar-refractivity contribution in [1.82, 2.24) is 5.32 Å². The van der Waals surface area contributed by atoms with Gasteiger partial charge in [0.25, 0.3) is 0 Å². The van der Waals surface area contributed by atoms with E-state index >= 15 is 0 Å². The third kappa shape index (κ3) is 20.6. The molecular formula is C27H53NO3. The average Bonchev–Trinajstić information content (AvgIpc) is 2.73. The number of aliphatic carboxylic acids is 1. The molecule has 0 bridgehead atoms. The lowest BCUT2D eigenvalue weighted by Crippen LogP contribution is -2.44. The summed E-state index contributed by atoms with van der Waals surface area (Å²) in [5, 5.41) is 11.7. The van der Waals surface area contributed by atoms with Gasteiger partial charge in [0.05, 0.1) is 0 Å². The highest BCUT2D eigenvalue weighted by Crippen LogP contribution is 2.15. The third-order valence-corrected chi connectivity index (χ3v) is 6.26. The molecule has 2 N–H and O–H groups in total. The Morgan fingerprint density at radius 3 is 1.23 bits per heavy atom. The van der Waals surface area contributed by atoms with Crippen LogP contribution in [0.5, 0.6) is 0 Å². The van der Waals surface area contributed by atoms with Crippen LogP contribution in [0.1, 0.15) is 149 Å². The lowest BCUT2D eigenvalue weighted by atomic mass is 10.0. The van der Waals surface area contributed by atoms with Crippen LogP contribution in [-0.2, 0) is 9.59 Å². The number of hydrogen-bond donors (Lipinski definition) is 2. The summed E-state index contributed by atoms with van der Waals surface area (Å²) in [4.78, 5) is 23.0. The van der Waals surface area contributed by atoms with Crippen LogP contribution in [0, 0.1) is 5.92 Å². The molecule has 184 valence electrons. The molecule has 0 fully saturated rings. The van der Waals surface area contributed by atoms with E-state index in [0.717, 1.165) is 12.8 Å². The van der Waals surface area contributed by atoms with Gasteiger partial charge in [-0.15, -0.1) is 0 Å². The summed E-state index contributed by atoms with van der Waals surface area (Å²) in [6.07, 6.45) is 25.8. The zero-order chi connectivity index (χ0) is 23.2. The molecule has 0 aliphatic heterocycles. The van der Waals surface area contributed by atoms with Gasteiger partial charge in [0, 0.05) is 6.42 Å². The van der Waals surface area contributed by atoms with Crippen molar-refractivity contribution in [2.45, 2.75) is 155 Å². The van der Waals surface area contributed by atoms with Gasteiger partial charge in [-0.2, -0.15) is 0 Å². The molecule has 0 radical (unpaired) electrons. The van der Waals surface area contributed by atoms with E-state index in [0.29, 0.717) is 6.42 Å². The van der Waals surface area contributed by atoms with Crippen molar-refractivity contribution < 1.29 is 14.7 Å². The van der Waals surface area contributed by atoms with Crippen LogP contribution in [-0.4, -0.2) is 23.0 Å². The number of amides is 1. The minimum absolute atomic E-state index is 0.0912. The summed E-state index contributed by atoms with van der Waals surface area (Å²) in [6.45, 7) is 5.91. The summed E-state index contributed by atoms with van der Waals surface area (Å²) in [7, 11) is 0. The van der Waals surface area contributed by atoms with Crippen LogP contribution >= 0.6 is 0 Å². The first kappa shape index (κ1) is 29.9. The van der Waals surface area contributed by atoms with Gasteiger partial charge in [-0.1, -0.05) is 136 Å². The van der Waals surface area contributed by atoms with Gasteiger partial charge in [-0.05, 0) is 12.3 Å². The van der Waals surface area contributed by atoms with E-state index in [1.807, 2.05) is 13.8 Å². The molecule has 0 aromatic carbocycles. The van der Waals surface area contributed by atoms with Gasteiger partial charge in [0.1, 0.15) is 6.04 Å². The Labute approximate surface area is 193 Å². The van der Waals surface area contributed by atoms with Gasteiger partial charge >= 0.3 is 5.97 Å². The lowest BCUT2D eigenvalue weighted by molar-refractivity contribution is -0.143. The first-order valence-corrected chi connectivity index (χ1v) is 13.5. The molecule has 0 heterocycles. The zero-order valence-electron chi connectivity index (χ0n) is 21.1. The van der Waals surface area contributed by atoms with Crippen LogP contribution < -0.4 is 5.32 Å². The molecule has 0 saturated carbocycles. The zero-order valence-corrected chi connectivity index (χ0v) is 21.1. The molecule has 4 nitrogen and oxygen atoms in total. The Kier molecular flexibility index (Phi) is 21.4. The minimum atomic E-state index is -0.948. The van der Waals surface area contributed by atoms with Crippen molar-refractivity contribution in [3.63, 3.8) is 0 Å². The number of carboxylic acid groups (broad SMARTS) is 1. The summed E-state index contributed by atoms with van der Waals surface area (Å²) in [6, 6.07) is -0.771. The number of carbonyl (C=O) groups excluding carboxylic acids is 1. The van der Waals surface area contributed by atoms with Crippen molar-refractivity contribution in [3.05, 3.63) is 0 Å². The number of nitrogens with one attached hydrogen (secondary N) is 1. The molecule has 4 heteroatoms. The van der Waals surface area contributed by atoms with E-state index < -0.39 is 12.0 Å². The Morgan fingerprint density at radius 1 is 0.613 bits per heavy atom. The molecule has 0 saturated heterocycles. The van der Waals surface area contributed by atoms with E-state index in [9.17, 15) is 9.59 Å². The van der Waals surface area contributed by atoms with Gasteiger partial charge in [-0.25, -0.2) is 4.79 Å². The lowest BCUT2D eigenvalue weighted by Gasteiger charge is -2.17. The summed E-state index contributed by atoms with van der Waals surface area (Å²) in [5.41, 5.74) is 0. The summed E-state index contributed by atoms with van der Waals surface area (Å²) >= 11 is 0. The normalized spacial score (nSPS) is 12.3. The van der Waals surface area contributed by atoms with Crippen molar-refractivity contribution >= 4 is 11.9 Å². The van der Waals surface area contributed by atoms with Crippen molar-refractivity contribution in [2.24, 2.45) is 5.92 Å². The second-order valence-electron chi connectivity index (χ2n) is 9.74. The van der Waals surface area contributed by atoms with E-state index in [-0.39, 0.29) is 11.8 Å². The molecule has 0 spiro atoms. The predicted molar refractivity (Wildman–Crippen MR) is 132 cm³/mol. The standard InChI is InChI=1S/C27H53NO3/c1-4-5-6-7-8-9-10-11-12-13-14-15-16-17-18-19-20-21-22-23-25(29)28-26(24(2)3)27(30)31/h24,26H,4-23H2,1-3H3,(H,28,29)(H,30,31). The van der Waals surface area contributed by atoms with Crippen molar-refractivity contribution in [3.8, 4) is 0 Å². The van der Waals surface area contributed by atoms with Crippen LogP contribution in [0.4, 0.5) is 0 Å². The molecular weight excluding hydrogens is 386 g/mol. The van der Waals surface area contributed by atoms with Gasteiger partial charge < -0.3 is 10.4 Å². The number of unbranched alkanes of at least 4 members (excludes halogenated alkanes) is 18. The fourth-order valence-corrected chi connectivity index (χ4v) is 4.12. The van der Waals surface area contributed by atoms with E-state index in [1.165, 1.54) is 109 Å². The first-order valence-electron chi connectivity index (χ1n) is 13.5. The number of carboxylic acids is 1. The van der Waals surface area contributed by atoms with E-state index in [4.69, 9.17) is 5.11 Å². The summed E-state index contributed by atoms with van der Waals surface area (Å²) in [5.74, 6) is -1.17. The van der Waals surface area contributed by atoms with Gasteiger partial charge in [-0.3, -0.25) is 4.79 Å². The van der Waals surface area contributed by atoms with Crippen LogP contribution in [0.25, 0.3) is 0 Å². The highest BCUT2D eigenvalue weighted by molar-refractivity contribution is 5.83. The smallest absolute Gasteiger partial charge is 0.326 e. The van der Waals surface area contributed by atoms with Crippen molar-refractivity contribution in [1.29, 1.82) is 0 Å². The fourth-order valence-electron chi connectivity index (χ4n) is 4.12. The quantitative estimate of drug-likeness (QED) is 0.158. The Bertz CT molecular complexity index is 423. The molecule has 1 amide bonds. The van der Waals surface area contributed by atoms with Gasteiger partial charge in [0.15, 0.2) is 0 Å². The monoisotopic (exact) mass is 439 g/mol. The second kappa shape index (κ2) is 22.1.